The molecule has 0 radical (unpaired) electrons. The van der Waals surface area contributed by atoms with Gasteiger partial charge in [-0.05, 0) is 38.5 Å². The van der Waals surface area contributed by atoms with Crippen molar-refractivity contribution in [2.45, 2.75) is 26.4 Å². The quantitative estimate of drug-likeness (QED) is 0.233. The first-order valence-electron chi connectivity index (χ1n) is 11.6. The van der Waals surface area contributed by atoms with Gasteiger partial charge in [0.15, 0.2) is 5.65 Å². The number of carbonyl (C=O) groups excluding carboxylic acids is 1. The van der Waals surface area contributed by atoms with Crippen LogP contribution in [0.4, 0.5) is 5.82 Å². The first-order chi connectivity index (χ1) is 17.0. The number of nitrogen functional groups attached to an aromatic ring is 1. The van der Waals surface area contributed by atoms with Crippen molar-refractivity contribution in [3.05, 3.63) is 65.9 Å². The lowest BCUT2D eigenvalue weighted by atomic mass is 10.2. The van der Waals surface area contributed by atoms with E-state index in [-0.39, 0.29) is 23.4 Å². The number of rotatable bonds is 8. The van der Waals surface area contributed by atoms with Crippen molar-refractivity contribution in [1.82, 2.24) is 24.9 Å². The van der Waals surface area contributed by atoms with E-state index in [0.717, 1.165) is 16.5 Å². The van der Waals surface area contributed by atoms with Gasteiger partial charge in [-0.2, -0.15) is 9.78 Å². The highest BCUT2D eigenvalue weighted by molar-refractivity contribution is 6.11. The third kappa shape index (κ3) is 4.45. The maximum atomic E-state index is 13.2. The van der Waals surface area contributed by atoms with Crippen LogP contribution in [-0.4, -0.2) is 51.0 Å². The molecular weight excluding hydrogens is 442 g/mol. The van der Waals surface area contributed by atoms with E-state index in [9.17, 15) is 4.79 Å². The van der Waals surface area contributed by atoms with Crippen LogP contribution in [0.5, 0.6) is 0 Å². The van der Waals surface area contributed by atoms with Crippen LogP contribution in [0.25, 0.3) is 33.1 Å². The Labute approximate surface area is 202 Å². The maximum absolute atomic E-state index is 13.2. The third-order valence-electron chi connectivity index (χ3n) is 5.69. The molecule has 3 aromatic heterocycles. The van der Waals surface area contributed by atoms with Gasteiger partial charge in [-0.25, -0.2) is 9.97 Å². The summed E-state index contributed by atoms with van der Waals surface area (Å²) in [6.45, 7) is 4.98. The van der Waals surface area contributed by atoms with E-state index < -0.39 is 0 Å². The zero-order valence-corrected chi connectivity index (χ0v) is 19.7. The third-order valence-corrected chi connectivity index (χ3v) is 5.69. The van der Waals surface area contributed by atoms with Crippen LogP contribution >= 0.6 is 0 Å². The summed E-state index contributed by atoms with van der Waals surface area (Å²) < 4.78 is 7.03. The fourth-order valence-electron chi connectivity index (χ4n) is 3.99. The zero-order valence-electron chi connectivity index (χ0n) is 19.7. The summed E-state index contributed by atoms with van der Waals surface area (Å²) >= 11 is 0. The molecular formula is C26H27N7O2. The fourth-order valence-corrected chi connectivity index (χ4v) is 3.99. The molecule has 9 nitrogen and oxygen atoms in total. The summed E-state index contributed by atoms with van der Waals surface area (Å²) in [4.78, 5) is 25.8. The van der Waals surface area contributed by atoms with Gasteiger partial charge in [0.1, 0.15) is 16.9 Å². The molecule has 5 aromatic rings. The molecule has 0 fully saturated rings. The van der Waals surface area contributed by atoms with Crippen LogP contribution in [0.2, 0.25) is 0 Å². The van der Waals surface area contributed by atoms with Crippen LogP contribution in [0, 0.1) is 0 Å². The molecule has 0 bridgehead atoms. The molecule has 0 aliphatic heterocycles. The maximum Gasteiger partial charge on any atom is 0.257 e. The number of nitrogens with zero attached hydrogens (tertiary/aromatic N) is 4. The number of fused-ring (bicyclic) bond motifs is 3. The number of nitrogens with one attached hydrogen (secondary N) is 2. The van der Waals surface area contributed by atoms with Crippen LogP contribution in [0.15, 0.2) is 59.8 Å². The summed E-state index contributed by atoms with van der Waals surface area (Å²) in [5, 5.41) is 8.57. The molecule has 5 rings (SSSR count). The Balaban J connectivity index is 1.53. The number of H-pyrrole nitrogens is 1. The number of aromatic amines is 1. The van der Waals surface area contributed by atoms with E-state index in [1.165, 1.54) is 4.68 Å². The minimum Gasteiger partial charge on any atom is -0.383 e. The normalized spacial score (nSPS) is 12.0. The molecule has 0 spiro atoms. The average molecular weight is 470 g/mol. The van der Waals surface area contributed by atoms with Gasteiger partial charge >= 0.3 is 0 Å². The van der Waals surface area contributed by atoms with Gasteiger partial charge in [0.25, 0.3) is 5.91 Å². The fraction of sp³-hybridized carbons (Fsp3) is 0.231. The minimum atomic E-state index is -0.317. The molecule has 1 amide bonds. The van der Waals surface area contributed by atoms with Crippen molar-refractivity contribution in [3.63, 3.8) is 0 Å². The Morgan fingerprint density at radius 2 is 1.91 bits per heavy atom. The van der Waals surface area contributed by atoms with Crippen molar-refractivity contribution < 1.29 is 9.53 Å². The van der Waals surface area contributed by atoms with E-state index in [1.54, 1.807) is 6.21 Å². The molecule has 3 heterocycles. The lowest BCUT2D eigenvalue weighted by Crippen LogP contribution is -2.26. The van der Waals surface area contributed by atoms with Gasteiger partial charge in [0, 0.05) is 35.8 Å². The Morgan fingerprint density at radius 3 is 2.71 bits per heavy atom. The molecule has 0 atom stereocenters. The summed E-state index contributed by atoms with van der Waals surface area (Å²) in [6, 6.07) is 15.5. The van der Waals surface area contributed by atoms with E-state index in [0.29, 0.717) is 41.8 Å². The van der Waals surface area contributed by atoms with Gasteiger partial charge in [0.2, 0.25) is 0 Å². The Bertz CT molecular complexity index is 1550. The molecule has 4 N–H and O–H groups in total. The van der Waals surface area contributed by atoms with Crippen molar-refractivity contribution in [3.8, 4) is 0 Å². The predicted octanol–water partition coefficient (Wildman–Crippen LogP) is 4.08. The number of amides is 1. The second-order valence-corrected chi connectivity index (χ2v) is 8.52. The van der Waals surface area contributed by atoms with E-state index >= 15 is 0 Å². The lowest BCUT2D eigenvalue weighted by molar-refractivity contribution is 0.0757. The molecule has 0 aliphatic rings. The zero-order chi connectivity index (χ0) is 24.4. The molecule has 178 valence electrons. The number of benzene rings is 2. The molecule has 0 saturated heterocycles. The van der Waals surface area contributed by atoms with Gasteiger partial charge in [-0.15, -0.1) is 0 Å². The van der Waals surface area contributed by atoms with Gasteiger partial charge in [-0.1, -0.05) is 30.3 Å². The van der Waals surface area contributed by atoms with Gasteiger partial charge < -0.3 is 20.8 Å². The predicted molar refractivity (Wildman–Crippen MR) is 139 cm³/mol. The average Bonchev–Trinajstić information content (AvgIpc) is 3.38. The summed E-state index contributed by atoms with van der Waals surface area (Å²) in [5.74, 6) is -0.134. The lowest BCUT2D eigenvalue weighted by Gasteiger charge is -2.08. The topological polar surface area (TPSA) is 123 Å². The number of hydrogen-bond acceptors (Lipinski definition) is 6. The number of aromatic nitrogens is 4. The summed E-state index contributed by atoms with van der Waals surface area (Å²) in [7, 11) is 0. The summed E-state index contributed by atoms with van der Waals surface area (Å²) in [5.41, 5.74) is 10.8. The van der Waals surface area contributed by atoms with Crippen LogP contribution in [-0.2, 0) is 4.74 Å². The smallest absolute Gasteiger partial charge is 0.257 e. The highest BCUT2D eigenvalue weighted by Crippen LogP contribution is 2.28. The summed E-state index contributed by atoms with van der Waals surface area (Å²) in [6.07, 6.45) is 4.42. The first-order valence-corrected chi connectivity index (χ1v) is 11.6. The highest BCUT2D eigenvalue weighted by Gasteiger charge is 2.24. The van der Waals surface area contributed by atoms with Crippen LogP contribution < -0.4 is 11.1 Å². The van der Waals surface area contributed by atoms with Crippen molar-refractivity contribution in [2.75, 3.05) is 18.9 Å². The molecule has 9 heteroatoms. The largest absolute Gasteiger partial charge is 0.383 e. The Morgan fingerprint density at radius 1 is 1.17 bits per heavy atom. The number of carbonyl (C=O) groups is 1. The molecule has 0 unspecified atom stereocenters. The second kappa shape index (κ2) is 9.55. The number of ether oxygens (including phenoxy) is 1. The first kappa shape index (κ1) is 22.5. The standard InChI is InChI=1S/C26H27N7O2/c1-16(2)35-13-7-12-28-26(34)22-23-25(32-21-11-6-5-10-20(21)31-23)33(24(22)27)30-15-17-14-29-19-9-4-3-8-18(17)19/h3-6,8-11,14-16,29H,7,12-13,27H2,1-2H3,(H,28,34)/b30-15-. The van der Waals surface area contributed by atoms with E-state index in [1.807, 2.05) is 68.6 Å². The van der Waals surface area contributed by atoms with E-state index in [4.69, 9.17) is 20.4 Å². The van der Waals surface area contributed by atoms with Crippen LogP contribution in [0.1, 0.15) is 36.2 Å². The molecule has 2 aromatic carbocycles. The molecule has 0 aliphatic carbocycles. The second-order valence-electron chi connectivity index (χ2n) is 8.52. The van der Waals surface area contributed by atoms with Crippen molar-refractivity contribution >= 4 is 51.0 Å². The molecule has 0 saturated carbocycles. The number of hydrogen-bond donors (Lipinski definition) is 3. The number of para-hydroxylation sites is 3. The molecule has 35 heavy (non-hydrogen) atoms. The minimum absolute atomic E-state index is 0.151. The SMILES string of the molecule is CC(C)OCCCNC(=O)c1c(N)n(/N=C\c2c[nH]c3ccccc23)c2nc3ccccc3nc12. The van der Waals surface area contributed by atoms with Gasteiger partial charge in [-0.3, -0.25) is 4.79 Å². The van der Waals surface area contributed by atoms with Crippen molar-refractivity contribution in [1.29, 1.82) is 0 Å². The van der Waals surface area contributed by atoms with Crippen molar-refractivity contribution in [2.24, 2.45) is 5.10 Å². The van der Waals surface area contributed by atoms with Gasteiger partial charge in [0.05, 0.1) is 23.4 Å². The highest BCUT2D eigenvalue weighted by atomic mass is 16.5. The Kier molecular flexibility index (Phi) is 6.15. The monoisotopic (exact) mass is 469 g/mol. The Hall–Kier alpha value is -4.24. The van der Waals surface area contributed by atoms with E-state index in [2.05, 4.69) is 15.4 Å². The van der Waals surface area contributed by atoms with Crippen LogP contribution in [0.3, 0.4) is 0 Å². The number of anilines is 1. The number of nitrogens with two attached hydrogens (primary N) is 1.